The molecule has 1 nitrogen and oxygen atoms in total. The summed E-state index contributed by atoms with van der Waals surface area (Å²) in [6, 6.07) is 61.4. The lowest BCUT2D eigenvalue weighted by molar-refractivity contribution is 0.681. The van der Waals surface area contributed by atoms with Crippen molar-refractivity contribution in [3.8, 4) is 22.3 Å². The van der Waals surface area contributed by atoms with E-state index in [-0.39, 0.29) is 10.8 Å². The number of nitrogens with zero attached hydrogens (tertiary/aromatic N) is 1. The van der Waals surface area contributed by atoms with Gasteiger partial charge in [-0.3, -0.25) is 0 Å². The van der Waals surface area contributed by atoms with Gasteiger partial charge in [-0.2, -0.15) is 0 Å². The average molecular weight is 600 g/mol. The van der Waals surface area contributed by atoms with E-state index in [1.165, 1.54) is 83.8 Å². The van der Waals surface area contributed by atoms with Crippen LogP contribution in [0.3, 0.4) is 0 Å². The lowest BCUT2D eigenvalue weighted by Gasteiger charge is -2.44. The number of hydrogen-bond donors (Lipinski definition) is 0. The summed E-state index contributed by atoms with van der Waals surface area (Å²) in [5.41, 5.74) is 19.0. The molecule has 0 N–H and O–H groups in total. The quantitative estimate of drug-likeness (QED) is 0.191. The van der Waals surface area contributed by atoms with Crippen molar-refractivity contribution in [3.05, 3.63) is 208 Å². The Kier molecular flexibility index (Phi) is 5.33. The highest BCUT2D eigenvalue weighted by Crippen LogP contribution is 2.64. The Morgan fingerprint density at radius 1 is 0.404 bits per heavy atom. The first kappa shape index (κ1) is 26.5. The second-order valence-corrected chi connectivity index (χ2v) is 13.5. The molecule has 0 atom stereocenters. The predicted molar refractivity (Wildman–Crippen MR) is 194 cm³/mol. The summed E-state index contributed by atoms with van der Waals surface area (Å²) in [6.45, 7) is 4.61. The van der Waals surface area contributed by atoms with E-state index in [0.29, 0.717) is 0 Å². The Morgan fingerprint density at radius 3 is 1.49 bits per heavy atom. The fourth-order valence-electron chi connectivity index (χ4n) is 9.20. The van der Waals surface area contributed by atoms with Crippen molar-refractivity contribution >= 4 is 17.1 Å². The largest absolute Gasteiger partial charge is 0.310 e. The van der Waals surface area contributed by atoms with Crippen molar-refractivity contribution < 1.29 is 0 Å². The Bertz CT molecular complexity index is 2300. The molecule has 0 fully saturated rings. The molecular weight excluding hydrogens is 567 g/mol. The smallest absolute Gasteiger partial charge is 0.0726 e. The summed E-state index contributed by atoms with van der Waals surface area (Å²) >= 11 is 0. The van der Waals surface area contributed by atoms with Crippen LogP contribution in [0.4, 0.5) is 17.1 Å². The topological polar surface area (TPSA) is 3.24 Å². The van der Waals surface area contributed by atoms with Crippen LogP contribution in [0.2, 0.25) is 0 Å². The highest BCUT2D eigenvalue weighted by Gasteiger charge is 2.52. The molecule has 0 saturated carbocycles. The van der Waals surface area contributed by atoms with Crippen LogP contribution in [-0.4, -0.2) is 0 Å². The summed E-state index contributed by atoms with van der Waals surface area (Å²) in [4.78, 5) is 2.50. The molecule has 1 heteroatoms. The van der Waals surface area contributed by atoms with Crippen molar-refractivity contribution in [2.24, 2.45) is 0 Å². The number of fused-ring (bicyclic) bond motifs is 12. The van der Waals surface area contributed by atoms with Gasteiger partial charge in [0.15, 0.2) is 0 Å². The minimum absolute atomic E-state index is 0.292. The van der Waals surface area contributed by atoms with Crippen molar-refractivity contribution in [2.45, 2.75) is 24.7 Å². The number of rotatable bonds is 2. The molecule has 10 rings (SSSR count). The van der Waals surface area contributed by atoms with E-state index in [1.807, 2.05) is 0 Å². The van der Waals surface area contributed by atoms with Crippen molar-refractivity contribution in [3.63, 3.8) is 0 Å². The Balaban J connectivity index is 1.27. The first-order chi connectivity index (χ1) is 23.1. The fraction of sp³-hybridized carbons (Fsp3) is 0.0870. The van der Waals surface area contributed by atoms with Gasteiger partial charge in [-0.25, -0.2) is 0 Å². The van der Waals surface area contributed by atoms with E-state index in [0.717, 1.165) is 0 Å². The maximum Gasteiger partial charge on any atom is 0.0726 e. The van der Waals surface area contributed by atoms with E-state index >= 15 is 0 Å². The van der Waals surface area contributed by atoms with Crippen LogP contribution in [0.25, 0.3) is 22.3 Å². The summed E-state index contributed by atoms with van der Waals surface area (Å²) in [5, 5.41) is 0. The van der Waals surface area contributed by atoms with Crippen molar-refractivity contribution in [1.82, 2.24) is 0 Å². The van der Waals surface area contributed by atoms with E-state index in [2.05, 4.69) is 183 Å². The first-order valence-corrected chi connectivity index (χ1v) is 16.6. The summed E-state index contributed by atoms with van der Waals surface area (Å²) in [5.74, 6) is 0. The maximum absolute atomic E-state index is 2.50. The van der Waals surface area contributed by atoms with Gasteiger partial charge in [0.05, 0.1) is 16.8 Å². The highest BCUT2D eigenvalue weighted by molar-refractivity contribution is 5.97. The number of benzene rings is 7. The minimum Gasteiger partial charge on any atom is -0.310 e. The van der Waals surface area contributed by atoms with Gasteiger partial charge in [-0.1, -0.05) is 145 Å². The van der Waals surface area contributed by atoms with Crippen molar-refractivity contribution in [1.29, 1.82) is 0 Å². The molecule has 0 bridgehead atoms. The lowest BCUT2D eigenvalue weighted by atomic mass is 9.67. The molecular formula is C46H33N. The van der Waals surface area contributed by atoms with Crippen LogP contribution >= 0.6 is 0 Å². The Hall–Kier alpha value is -5.66. The zero-order chi connectivity index (χ0) is 31.3. The third-order valence-corrected chi connectivity index (χ3v) is 11.2. The molecule has 1 spiro atoms. The molecule has 0 unspecified atom stereocenters. The molecule has 2 aliphatic carbocycles. The molecule has 47 heavy (non-hydrogen) atoms. The molecule has 0 radical (unpaired) electrons. The van der Waals surface area contributed by atoms with Crippen LogP contribution in [0.1, 0.15) is 51.4 Å². The maximum atomic E-state index is 2.50. The number of anilines is 3. The highest BCUT2D eigenvalue weighted by atomic mass is 15.2. The summed E-state index contributed by atoms with van der Waals surface area (Å²) < 4.78 is 0. The van der Waals surface area contributed by atoms with Gasteiger partial charge in [-0.15, -0.1) is 0 Å². The number of para-hydroxylation sites is 2. The molecule has 7 aromatic rings. The van der Waals surface area contributed by atoms with E-state index in [9.17, 15) is 0 Å². The predicted octanol–water partition coefficient (Wildman–Crippen LogP) is 11.5. The van der Waals surface area contributed by atoms with Gasteiger partial charge in [0, 0.05) is 11.1 Å². The second kappa shape index (κ2) is 9.44. The molecule has 222 valence electrons. The van der Waals surface area contributed by atoms with Crippen LogP contribution in [0, 0.1) is 6.92 Å². The van der Waals surface area contributed by atoms with Gasteiger partial charge in [0.25, 0.3) is 0 Å². The van der Waals surface area contributed by atoms with Crippen LogP contribution in [0.5, 0.6) is 0 Å². The van der Waals surface area contributed by atoms with Crippen LogP contribution in [0.15, 0.2) is 164 Å². The van der Waals surface area contributed by atoms with E-state index < -0.39 is 0 Å². The van der Waals surface area contributed by atoms with Gasteiger partial charge < -0.3 is 4.90 Å². The normalized spacial score (nSPS) is 15.3. The van der Waals surface area contributed by atoms with Gasteiger partial charge in [0.1, 0.15) is 0 Å². The monoisotopic (exact) mass is 599 g/mol. The number of aryl methyl sites for hydroxylation is 1. The third kappa shape index (κ3) is 3.29. The van der Waals surface area contributed by atoms with E-state index in [4.69, 9.17) is 0 Å². The lowest BCUT2D eigenvalue weighted by Crippen LogP contribution is -2.34. The van der Waals surface area contributed by atoms with E-state index in [1.54, 1.807) is 0 Å². The van der Waals surface area contributed by atoms with Gasteiger partial charge in [-0.05, 0) is 99.3 Å². The summed E-state index contributed by atoms with van der Waals surface area (Å²) in [6.07, 6.45) is 0. The van der Waals surface area contributed by atoms with Gasteiger partial charge in [0.2, 0.25) is 0 Å². The average Bonchev–Trinajstić information content (AvgIpc) is 3.59. The fourth-order valence-corrected chi connectivity index (χ4v) is 9.20. The van der Waals surface area contributed by atoms with Crippen molar-refractivity contribution in [2.75, 3.05) is 4.90 Å². The first-order valence-electron chi connectivity index (χ1n) is 16.6. The summed E-state index contributed by atoms with van der Waals surface area (Å²) in [7, 11) is 0. The molecule has 3 aliphatic rings. The Morgan fingerprint density at radius 2 is 0.872 bits per heavy atom. The molecule has 0 amide bonds. The Labute approximate surface area is 276 Å². The minimum atomic E-state index is -0.382. The molecule has 1 heterocycles. The molecule has 0 aromatic heterocycles. The SMILES string of the molecule is Cc1ccc2c(c1)C1(c3ccccc3-c3ccccc31)c1cc(N3c4ccccc4C(C)(c4ccccc4)c4ccccc43)ccc1-2. The zero-order valence-electron chi connectivity index (χ0n) is 26.5. The second-order valence-electron chi connectivity index (χ2n) is 13.5. The molecule has 0 saturated heterocycles. The van der Waals surface area contributed by atoms with Gasteiger partial charge >= 0.3 is 0 Å². The zero-order valence-corrected chi connectivity index (χ0v) is 26.5. The standard InChI is InChI=1S/C46H33N/c1-30-24-26-35-36-27-25-32(29-42(36)46(41(35)28-30)37-18-8-6-16-33(37)34-17-7-9-19-38(34)46)47-43-22-12-10-20-39(43)45(2,31-14-4-3-5-15-31)40-21-11-13-23-44(40)47/h3-29H,1-2H3. The molecule has 1 aliphatic heterocycles. The molecule has 7 aromatic carbocycles. The number of hydrogen-bond acceptors (Lipinski definition) is 1. The van der Waals surface area contributed by atoms with Crippen LogP contribution in [-0.2, 0) is 10.8 Å². The van der Waals surface area contributed by atoms with Crippen LogP contribution < -0.4 is 4.90 Å². The third-order valence-electron chi connectivity index (χ3n) is 11.2.